The summed E-state index contributed by atoms with van der Waals surface area (Å²) >= 11 is 6.15. The molecular weight excluding hydrogens is 164 g/mol. The van der Waals surface area contributed by atoms with Crippen molar-refractivity contribution in [1.82, 2.24) is 0 Å². The van der Waals surface area contributed by atoms with E-state index in [1.165, 1.54) is 0 Å². The molecule has 0 heterocycles. The van der Waals surface area contributed by atoms with Gasteiger partial charge in [0, 0.05) is 11.0 Å². The van der Waals surface area contributed by atoms with Crippen LogP contribution in [0.2, 0.25) is 18.1 Å². The van der Waals surface area contributed by atoms with Gasteiger partial charge in [-0.3, -0.25) is 0 Å². The Kier molecular flexibility index (Phi) is 4.43. The van der Waals surface area contributed by atoms with Gasteiger partial charge in [-0.2, -0.15) is 11.1 Å². The Morgan fingerprint density at radius 3 is 1.22 bits per heavy atom. The molecule has 0 rings (SSSR count). The molecule has 0 aliphatic rings. The summed E-state index contributed by atoms with van der Waals surface area (Å²) in [5, 5.41) is 0.342. The van der Waals surface area contributed by atoms with Gasteiger partial charge in [-0.05, 0) is 5.04 Å². The fraction of sp³-hybridized carbons (Fsp3) is 1.00. The maximum absolute atomic E-state index is 6.15. The molecule has 9 heavy (non-hydrogen) atoms. The Hall–Kier alpha value is 0.724. The van der Waals surface area contributed by atoms with E-state index in [9.17, 15) is 0 Å². The van der Waals surface area contributed by atoms with Crippen LogP contribution in [0.15, 0.2) is 0 Å². The lowest BCUT2D eigenvalue weighted by Gasteiger charge is -2.29. The monoisotopic (exact) mass is 178 g/mol. The van der Waals surface area contributed by atoms with Crippen LogP contribution >= 0.6 is 11.1 Å². The first-order valence-electron chi connectivity index (χ1n) is 2.94. The normalized spacial score (nSPS) is 12.7. The summed E-state index contributed by atoms with van der Waals surface area (Å²) in [7, 11) is -1.39. The minimum Gasteiger partial charge on any atom is -0.167 e. The third kappa shape index (κ3) is 4.17. The van der Waals surface area contributed by atoms with Crippen LogP contribution in [0.5, 0.6) is 0 Å². The highest BCUT2D eigenvalue weighted by molar-refractivity contribution is 7.20. The molecule has 4 radical (unpaired) electrons. The van der Waals surface area contributed by atoms with E-state index in [1.54, 1.807) is 0 Å². The number of rotatable bonds is 0. The molecule has 0 aromatic heterocycles. The van der Waals surface area contributed by atoms with Gasteiger partial charge >= 0.3 is 0 Å². The van der Waals surface area contributed by atoms with Crippen LogP contribution in [0.3, 0.4) is 0 Å². The summed E-state index contributed by atoms with van der Waals surface area (Å²) in [6.45, 7) is 11.0. The molecule has 0 aromatic carbocycles. The molecule has 0 saturated carbocycles. The summed E-state index contributed by atoms with van der Waals surface area (Å²) in [5.41, 5.74) is 0. The Bertz CT molecular complexity index is 66.0. The SMILES string of the molecule is CC(C)(C)[Si](C)(C)Cl.[Si]. The molecule has 0 nitrogen and oxygen atoms in total. The molecule has 0 fully saturated rings. The molecule has 0 aromatic rings. The van der Waals surface area contributed by atoms with Crippen molar-refractivity contribution in [3.8, 4) is 0 Å². The van der Waals surface area contributed by atoms with Crippen molar-refractivity contribution in [2.24, 2.45) is 0 Å². The van der Waals surface area contributed by atoms with Crippen molar-refractivity contribution in [2.45, 2.75) is 38.9 Å². The highest BCUT2D eigenvalue weighted by Gasteiger charge is 2.32. The van der Waals surface area contributed by atoms with Gasteiger partial charge in [-0.25, -0.2) is 0 Å². The standard InChI is InChI=1S/C6H15ClSi.Si/c1-6(2,3)8(4,5)7;/h1-5H3;. The quantitative estimate of drug-likeness (QED) is 0.396. The summed E-state index contributed by atoms with van der Waals surface area (Å²) < 4.78 is 0. The molecule has 0 amide bonds. The zero-order valence-corrected chi connectivity index (χ0v) is 9.63. The molecule has 0 aliphatic heterocycles. The second-order valence-electron chi connectivity index (χ2n) is 3.72. The van der Waals surface area contributed by atoms with Gasteiger partial charge in [0.2, 0.25) is 0 Å². The van der Waals surface area contributed by atoms with Crippen molar-refractivity contribution in [3.05, 3.63) is 0 Å². The molecule has 0 saturated heterocycles. The van der Waals surface area contributed by atoms with Crippen LogP contribution < -0.4 is 0 Å². The smallest absolute Gasteiger partial charge is 0.155 e. The van der Waals surface area contributed by atoms with Crippen molar-refractivity contribution < 1.29 is 0 Å². The van der Waals surface area contributed by atoms with E-state index >= 15 is 0 Å². The van der Waals surface area contributed by atoms with Gasteiger partial charge < -0.3 is 0 Å². The maximum atomic E-state index is 6.15. The average molecular weight is 179 g/mol. The minimum atomic E-state index is -1.39. The predicted octanol–water partition coefficient (Wildman–Crippen LogP) is 2.85. The fourth-order valence-corrected chi connectivity index (χ4v) is 0. The van der Waals surface area contributed by atoms with E-state index in [0.29, 0.717) is 5.04 Å². The van der Waals surface area contributed by atoms with E-state index in [2.05, 4.69) is 33.9 Å². The van der Waals surface area contributed by atoms with Crippen molar-refractivity contribution in [2.75, 3.05) is 0 Å². The largest absolute Gasteiger partial charge is 0.167 e. The molecule has 0 bridgehead atoms. The first-order chi connectivity index (χ1) is 3.25. The van der Waals surface area contributed by atoms with Gasteiger partial charge in [-0.1, -0.05) is 33.9 Å². The van der Waals surface area contributed by atoms with E-state index in [4.69, 9.17) is 11.1 Å². The first kappa shape index (κ1) is 12.4. The van der Waals surface area contributed by atoms with E-state index in [0.717, 1.165) is 0 Å². The van der Waals surface area contributed by atoms with Crippen LogP contribution in [0.4, 0.5) is 0 Å². The van der Waals surface area contributed by atoms with Gasteiger partial charge in [0.15, 0.2) is 7.38 Å². The van der Waals surface area contributed by atoms with Gasteiger partial charge in [-0.15, -0.1) is 0 Å². The van der Waals surface area contributed by atoms with Crippen LogP contribution in [0.25, 0.3) is 0 Å². The average Bonchev–Trinajstić information content (AvgIpc) is 1.25. The highest BCUT2D eigenvalue weighted by Crippen LogP contribution is 2.38. The Morgan fingerprint density at radius 2 is 1.22 bits per heavy atom. The van der Waals surface area contributed by atoms with Crippen LogP contribution in [-0.2, 0) is 0 Å². The van der Waals surface area contributed by atoms with E-state index < -0.39 is 7.38 Å². The molecule has 54 valence electrons. The van der Waals surface area contributed by atoms with Crippen LogP contribution in [-0.4, -0.2) is 18.3 Å². The molecule has 0 unspecified atom stereocenters. The lowest BCUT2D eigenvalue weighted by molar-refractivity contribution is 0.735. The number of hydrogen-bond donors (Lipinski definition) is 0. The Labute approximate surface area is 68.7 Å². The molecule has 0 atom stereocenters. The van der Waals surface area contributed by atoms with Crippen molar-refractivity contribution in [3.63, 3.8) is 0 Å². The Morgan fingerprint density at radius 1 is 1.11 bits per heavy atom. The topological polar surface area (TPSA) is 0 Å². The zero-order valence-electron chi connectivity index (χ0n) is 6.88. The van der Waals surface area contributed by atoms with Crippen LogP contribution in [0, 0.1) is 0 Å². The lowest BCUT2D eigenvalue weighted by Crippen LogP contribution is -2.29. The number of hydrogen-bond acceptors (Lipinski definition) is 0. The summed E-state index contributed by atoms with van der Waals surface area (Å²) in [4.78, 5) is 0. The minimum absolute atomic E-state index is 0. The second kappa shape index (κ2) is 3.21. The molecule has 0 aliphatic carbocycles. The van der Waals surface area contributed by atoms with Crippen LogP contribution in [0.1, 0.15) is 20.8 Å². The predicted molar refractivity (Wildman–Crippen MR) is 48.8 cm³/mol. The molecule has 0 N–H and O–H groups in total. The van der Waals surface area contributed by atoms with E-state index in [-0.39, 0.29) is 11.0 Å². The van der Waals surface area contributed by atoms with Gasteiger partial charge in [0.1, 0.15) is 0 Å². The summed E-state index contributed by atoms with van der Waals surface area (Å²) in [6.07, 6.45) is 0. The summed E-state index contributed by atoms with van der Waals surface area (Å²) in [6, 6.07) is 0. The number of halogens is 1. The maximum Gasteiger partial charge on any atom is 0.155 e. The highest BCUT2D eigenvalue weighted by atomic mass is 35.6. The van der Waals surface area contributed by atoms with Gasteiger partial charge in [0.25, 0.3) is 0 Å². The van der Waals surface area contributed by atoms with Gasteiger partial charge in [0.05, 0.1) is 0 Å². The molecule has 0 spiro atoms. The lowest BCUT2D eigenvalue weighted by atomic mass is 10.2. The second-order valence-corrected chi connectivity index (χ2v) is 11.0. The van der Waals surface area contributed by atoms with Crippen molar-refractivity contribution in [1.29, 1.82) is 0 Å². The van der Waals surface area contributed by atoms with E-state index in [1.807, 2.05) is 0 Å². The first-order valence-corrected chi connectivity index (χ1v) is 6.95. The molecule has 3 heteroatoms. The third-order valence-electron chi connectivity index (χ3n) is 1.78. The summed E-state index contributed by atoms with van der Waals surface area (Å²) in [5.74, 6) is 0. The third-order valence-corrected chi connectivity index (χ3v) is 7.05. The fourth-order valence-electron chi connectivity index (χ4n) is 0. The van der Waals surface area contributed by atoms with Crippen molar-refractivity contribution >= 4 is 29.4 Å². The molecular formula is C6H15ClSi2. The zero-order chi connectivity index (χ0) is 7.00. The Balaban J connectivity index is 0.